The summed E-state index contributed by atoms with van der Waals surface area (Å²) in [6.45, 7) is 6.45. The summed E-state index contributed by atoms with van der Waals surface area (Å²) in [6.07, 6.45) is 0. The average Bonchev–Trinajstić information content (AvgIpc) is 1.97. The van der Waals surface area contributed by atoms with Crippen LogP contribution in [0.5, 0.6) is 0 Å². The van der Waals surface area contributed by atoms with E-state index >= 15 is 0 Å². The van der Waals surface area contributed by atoms with Gasteiger partial charge in [0.15, 0.2) is 0 Å². The maximum atomic E-state index is 5.60. The van der Waals surface area contributed by atoms with Crippen molar-refractivity contribution in [1.29, 1.82) is 0 Å². The van der Waals surface area contributed by atoms with Crippen molar-refractivity contribution in [2.45, 2.75) is 25.9 Å². The van der Waals surface area contributed by atoms with E-state index in [0.29, 0.717) is 5.54 Å². The zero-order valence-electron chi connectivity index (χ0n) is 7.79. The van der Waals surface area contributed by atoms with Crippen LogP contribution in [0.4, 0.5) is 0 Å². The van der Waals surface area contributed by atoms with E-state index in [-0.39, 0.29) is 9.76 Å². The second kappa shape index (κ2) is 7.40. The van der Waals surface area contributed by atoms with Gasteiger partial charge in [0.2, 0.25) is 0 Å². The second-order valence-electron chi connectivity index (χ2n) is 2.63. The highest BCUT2D eigenvalue weighted by atomic mass is 28.4. The fraction of sp³-hybridized carbons (Fsp3) is 1.00. The third-order valence-corrected chi connectivity index (χ3v) is 8.40. The lowest BCUT2D eigenvalue weighted by atomic mass is 10.6. The highest BCUT2D eigenvalue weighted by molar-refractivity contribution is 6.57. The molecule has 1 atom stereocenters. The first-order valence-electron chi connectivity index (χ1n) is 3.94. The maximum absolute atomic E-state index is 5.60. The first-order valence-corrected chi connectivity index (χ1v) is 9.51. The van der Waals surface area contributed by atoms with Gasteiger partial charge in [0.1, 0.15) is 20.2 Å². The van der Waals surface area contributed by atoms with Crippen molar-refractivity contribution in [2.75, 3.05) is 0 Å². The zero-order valence-corrected chi connectivity index (χ0v) is 13.8. The summed E-state index contributed by atoms with van der Waals surface area (Å²) in [5.41, 5.74) is 0.585. The molecule has 0 radical (unpaired) electrons. The molecule has 1 unspecified atom stereocenters. The van der Waals surface area contributed by atoms with Gasteiger partial charge < -0.3 is 12.3 Å². The minimum Gasteiger partial charge on any atom is -0.447 e. The normalized spacial score (nSPS) is 16.4. The molecule has 0 saturated carbocycles. The van der Waals surface area contributed by atoms with Crippen molar-refractivity contribution in [2.24, 2.45) is 0 Å². The van der Waals surface area contributed by atoms with Crippen LogP contribution in [-0.2, 0) is 12.3 Å². The minimum absolute atomic E-state index is 0.246. The Kier molecular flexibility index (Phi) is 7.90. The van der Waals surface area contributed by atoms with Gasteiger partial charge in [0, 0.05) is 0 Å². The minimum atomic E-state index is -1.30. The molecule has 0 amide bonds. The fourth-order valence-corrected chi connectivity index (χ4v) is 8.67. The fourth-order valence-electron chi connectivity index (χ4n) is 0.731. The molecule has 0 aliphatic heterocycles. The summed E-state index contributed by atoms with van der Waals surface area (Å²) in [6, 6.07) is 0. The molecule has 11 heavy (non-hydrogen) atoms. The van der Waals surface area contributed by atoms with Crippen molar-refractivity contribution in [1.82, 2.24) is 0 Å². The van der Waals surface area contributed by atoms with Gasteiger partial charge in [-0.15, -0.1) is 0 Å². The lowest BCUT2D eigenvalue weighted by Crippen LogP contribution is -2.28. The van der Waals surface area contributed by atoms with Gasteiger partial charge in [-0.3, -0.25) is 0 Å². The zero-order chi connectivity index (χ0) is 8.69. The van der Waals surface area contributed by atoms with Gasteiger partial charge in [0.05, 0.1) is 0 Å². The van der Waals surface area contributed by atoms with Gasteiger partial charge in [-0.05, 0) is 5.54 Å². The Morgan fingerprint density at radius 3 is 2.45 bits per heavy atom. The summed E-state index contributed by atoms with van der Waals surface area (Å²) in [7, 11) is -1.41. The van der Waals surface area contributed by atoms with Crippen LogP contribution < -0.4 is 0 Å². The summed E-state index contributed by atoms with van der Waals surface area (Å²) in [5.74, 6) is 0. The Hall–Kier alpha value is 0.748. The molecule has 0 spiro atoms. The van der Waals surface area contributed by atoms with Crippen LogP contribution >= 0.6 is 0 Å². The van der Waals surface area contributed by atoms with E-state index in [1.54, 1.807) is 0 Å². The van der Waals surface area contributed by atoms with Gasteiger partial charge in [-0.25, -0.2) is 0 Å². The third-order valence-electron chi connectivity index (χ3n) is 1.30. The quantitative estimate of drug-likeness (QED) is 0.390. The molecule has 0 bridgehead atoms. The van der Waals surface area contributed by atoms with Crippen molar-refractivity contribution < 1.29 is 12.3 Å². The van der Waals surface area contributed by atoms with E-state index in [4.69, 9.17) is 12.3 Å². The molecule has 7 heteroatoms. The van der Waals surface area contributed by atoms with E-state index in [2.05, 4.69) is 20.4 Å². The third kappa shape index (κ3) is 5.96. The standard InChI is InChI=1S/C4H18O3Si4/c1-4(2)11(5-8)7-10-6-9-3/h4,11H,9-10H2,1-3,8H3. The first-order chi connectivity index (χ1) is 5.22. The Morgan fingerprint density at radius 2 is 2.09 bits per heavy atom. The van der Waals surface area contributed by atoms with E-state index in [1.807, 2.05) is 0 Å². The average molecular weight is 227 g/mol. The van der Waals surface area contributed by atoms with E-state index < -0.39 is 19.3 Å². The van der Waals surface area contributed by atoms with Crippen LogP contribution in [-0.4, -0.2) is 39.5 Å². The number of hydrogen-bond acceptors (Lipinski definition) is 3. The Labute approximate surface area is 78.2 Å². The first kappa shape index (κ1) is 11.7. The topological polar surface area (TPSA) is 27.7 Å². The predicted octanol–water partition coefficient (Wildman–Crippen LogP) is -1.92. The molecular weight excluding hydrogens is 208 g/mol. The molecule has 0 aromatic rings. The van der Waals surface area contributed by atoms with E-state index in [1.165, 1.54) is 0 Å². The van der Waals surface area contributed by atoms with Crippen LogP contribution in [0.1, 0.15) is 13.8 Å². The van der Waals surface area contributed by atoms with Gasteiger partial charge >= 0.3 is 9.28 Å². The Balaban J connectivity index is 3.36. The molecule has 0 aromatic carbocycles. The van der Waals surface area contributed by atoms with E-state index in [9.17, 15) is 0 Å². The highest BCUT2D eigenvalue weighted by Crippen LogP contribution is 2.07. The number of rotatable bonds is 6. The van der Waals surface area contributed by atoms with Crippen molar-refractivity contribution in [3.63, 3.8) is 0 Å². The smallest absolute Gasteiger partial charge is 0.304 e. The van der Waals surface area contributed by atoms with Gasteiger partial charge in [-0.2, -0.15) is 0 Å². The van der Waals surface area contributed by atoms with Crippen LogP contribution in [0.25, 0.3) is 0 Å². The molecule has 0 saturated heterocycles. The summed E-state index contributed by atoms with van der Waals surface area (Å²) in [5, 5.41) is 0. The lowest BCUT2D eigenvalue weighted by molar-refractivity contribution is 0.399. The highest BCUT2D eigenvalue weighted by Gasteiger charge is 2.14. The molecule has 0 aliphatic carbocycles. The molecule has 0 rings (SSSR count). The summed E-state index contributed by atoms with van der Waals surface area (Å²) in [4.78, 5) is 0. The van der Waals surface area contributed by atoms with E-state index in [0.717, 1.165) is 10.5 Å². The molecule has 0 aliphatic rings. The maximum Gasteiger partial charge on any atom is 0.304 e. The molecule has 0 N–H and O–H groups in total. The summed E-state index contributed by atoms with van der Waals surface area (Å²) < 4.78 is 16.3. The van der Waals surface area contributed by atoms with Crippen LogP contribution in [0.2, 0.25) is 12.1 Å². The van der Waals surface area contributed by atoms with Crippen molar-refractivity contribution in [3.05, 3.63) is 0 Å². The van der Waals surface area contributed by atoms with Gasteiger partial charge in [0.25, 0.3) is 10.0 Å². The van der Waals surface area contributed by atoms with Crippen molar-refractivity contribution in [3.8, 4) is 0 Å². The predicted molar refractivity (Wildman–Crippen MR) is 58.4 cm³/mol. The van der Waals surface area contributed by atoms with Crippen LogP contribution in [0.3, 0.4) is 0 Å². The van der Waals surface area contributed by atoms with Gasteiger partial charge in [-0.1, -0.05) is 20.4 Å². The molecule has 0 heterocycles. The monoisotopic (exact) mass is 226 g/mol. The molecule has 68 valence electrons. The van der Waals surface area contributed by atoms with Crippen LogP contribution in [0.15, 0.2) is 0 Å². The largest absolute Gasteiger partial charge is 0.447 e. The Bertz CT molecular complexity index is 91.4. The Morgan fingerprint density at radius 1 is 1.45 bits per heavy atom. The van der Waals surface area contributed by atoms with Crippen molar-refractivity contribution >= 4 is 39.5 Å². The molecule has 3 nitrogen and oxygen atoms in total. The van der Waals surface area contributed by atoms with Crippen LogP contribution in [0, 0.1) is 0 Å². The lowest BCUT2D eigenvalue weighted by Gasteiger charge is -2.17. The second-order valence-corrected chi connectivity index (χ2v) is 10.4. The summed E-state index contributed by atoms with van der Waals surface area (Å²) >= 11 is 0. The molecule has 0 fully saturated rings. The number of hydrogen-bond donors (Lipinski definition) is 0. The molecular formula is C4H18O3Si4. The SMILES string of the molecule is C[SiH2]O[SiH2]O[SiH](O[SiH3])C(C)C. The molecule has 0 aromatic heterocycles.